The van der Waals surface area contributed by atoms with E-state index in [0.29, 0.717) is 17.9 Å². The predicted octanol–water partition coefficient (Wildman–Crippen LogP) is 1.76. The molecule has 0 aliphatic rings. The first kappa shape index (κ1) is 15.3. The van der Waals surface area contributed by atoms with E-state index >= 15 is 0 Å². The van der Waals surface area contributed by atoms with Crippen LogP contribution in [-0.4, -0.2) is 25.2 Å². The monoisotopic (exact) mass is 276 g/mol. The molecule has 0 aromatic heterocycles. The van der Waals surface area contributed by atoms with Gasteiger partial charge in [-0.15, -0.1) is 0 Å². The molecule has 0 aliphatic carbocycles. The average Bonchev–Trinajstić information content (AvgIpc) is 2.30. The second kappa shape index (κ2) is 6.42. The Morgan fingerprint density at radius 1 is 1.42 bits per heavy atom. The van der Waals surface area contributed by atoms with E-state index in [0.717, 1.165) is 0 Å². The van der Waals surface area contributed by atoms with Crippen molar-refractivity contribution in [2.75, 3.05) is 13.2 Å². The van der Waals surface area contributed by atoms with Crippen LogP contribution in [0.25, 0.3) is 0 Å². The molecule has 106 valence electrons. The van der Waals surface area contributed by atoms with Crippen molar-refractivity contribution in [3.8, 4) is 5.75 Å². The molecule has 1 unspecified atom stereocenters. The van der Waals surface area contributed by atoms with Crippen molar-refractivity contribution in [2.24, 2.45) is 5.73 Å². The Kier molecular flexibility index (Phi) is 5.17. The standard InChI is InChI=1S/C12H15F3N2O2/c1-2-19-9-6-4-3-5-8(9)10(11(16)18)17-7-12(13,14)15/h3-6,10,17H,2,7H2,1H3,(H2,16,18). The van der Waals surface area contributed by atoms with Gasteiger partial charge in [0.15, 0.2) is 0 Å². The summed E-state index contributed by atoms with van der Waals surface area (Å²) in [7, 11) is 0. The van der Waals surface area contributed by atoms with Crippen LogP contribution in [0.3, 0.4) is 0 Å². The molecule has 0 saturated carbocycles. The van der Waals surface area contributed by atoms with Crippen LogP contribution in [0.15, 0.2) is 24.3 Å². The minimum absolute atomic E-state index is 0.293. The number of benzene rings is 1. The number of ether oxygens (including phenoxy) is 1. The molecule has 0 spiro atoms. The second-order valence-corrected chi connectivity index (χ2v) is 3.80. The van der Waals surface area contributed by atoms with Gasteiger partial charge in [-0.2, -0.15) is 13.2 Å². The van der Waals surface area contributed by atoms with Crippen LogP contribution in [0.5, 0.6) is 5.75 Å². The van der Waals surface area contributed by atoms with Crippen LogP contribution < -0.4 is 15.8 Å². The summed E-state index contributed by atoms with van der Waals surface area (Å²) in [5.74, 6) is -0.556. The molecular weight excluding hydrogens is 261 g/mol. The maximum atomic E-state index is 12.2. The van der Waals surface area contributed by atoms with Gasteiger partial charge in [0.05, 0.1) is 13.2 Å². The molecule has 0 radical (unpaired) electrons. The van der Waals surface area contributed by atoms with Crippen molar-refractivity contribution in [3.05, 3.63) is 29.8 Å². The van der Waals surface area contributed by atoms with Crippen molar-refractivity contribution >= 4 is 5.91 Å². The van der Waals surface area contributed by atoms with Gasteiger partial charge in [0.1, 0.15) is 11.8 Å². The average molecular weight is 276 g/mol. The van der Waals surface area contributed by atoms with E-state index in [1.807, 2.05) is 0 Å². The lowest BCUT2D eigenvalue weighted by Gasteiger charge is -2.19. The minimum Gasteiger partial charge on any atom is -0.494 e. The van der Waals surface area contributed by atoms with Gasteiger partial charge < -0.3 is 10.5 Å². The van der Waals surface area contributed by atoms with Gasteiger partial charge in [-0.25, -0.2) is 0 Å². The third-order valence-corrected chi connectivity index (χ3v) is 2.32. The molecular formula is C12H15F3N2O2. The SMILES string of the molecule is CCOc1ccccc1C(NCC(F)(F)F)C(N)=O. The third kappa shape index (κ3) is 4.78. The summed E-state index contributed by atoms with van der Waals surface area (Å²) in [6.07, 6.45) is -4.42. The quantitative estimate of drug-likeness (QED) is 0.832. The molecule has 1 aromatic rings. The van der Waals surface area contributed by atoms with Crippen LogP contribution in [-0.2, 0) is 4.79 Å². The lowest BCUT2D eigenvalue weighted by atomic mass is 10.1. The normalized spacial score (nSPS) is 13.1. The van der Waals surface area contributed by atoms with Crippen molar-refractivity contribution in [1.29, 1.82) is 0 Å². The summed E-state index contributed by atoms with van der Waals surface area (Å²) < 4.78 is 41.9. The molecule has 0 bridgehead atoms. The Bertz CT molecular complexity index is 435. The lowest BCUT2D eigenvalue weighted by molar-refractivity contribution is -0.130. The molecule has 0 fully saturated rings. The molecule has 0 saturated heterocycles. The van der Waals surface area contributed by atoms with Gasteiger partial charge in [0, 0.05) is 5.56 Å². The number of nitrogens with two attached hydrogens (primary N) is 1. The Morgan fingerprint density at radius 2 is 2.05 bits per heavy atom. The van der Waals surface area contributed by atoms with E-state index in [1.54, 1.807) is 25.1 Å². The molecule has 0 heterocycles. The Balaban J connectivity index is 2.96. The zero-order valence-electron chi connectivity index (χ0n) is 10.3. The van der Waals surface area contributed by atoms with E-state index < -0.39 is 24.7 Å². The summed E-state index contributed by atoms with van der Waals surface area (Å²) in [4.78, 5) is 11.3. The molecule has 7 heteroatoms. The summed E-state index contributed by atoms with van der Waals surface area (Å²) >= 11 is 0. The smallest absolute Gasteiger partial charge is 0.401 e. The lowest BCUT2D eigenvalue weighted by Crippen LogP contribution is -2.39. The molecule has 1 atom stereocenters. The van der Waals surface area contributed by atoms with Crippen LogP contribution in [0.4, 0.5) is 13.2 Å². The van der Waals surface area contributed by atoms with Crippen LogP contribution in [0.2, 0.25) is 0 Å². The predicted molar refractivity (Wildman–Crippen MR) is 63.6 cm³/mol. The number of rotatable bonds is 6. The minimum atomic E-state index is -4.42. The van der Waals surface area contributed by atoms with E-state index in [-0.39, 0.29) is 0 Å². The van der Waals surface area contributed by atoms with Gasteiger partial charge in [0.2, 0.25) is 5.91 Å². The molecule has 1 amide bonds. The number of amides is 1. The van der Waals surface area contributed by atoms with Gasteiger partial charge in [-0.1, -0.05) is 18.2 Å². The fourth-order valence-electron chi connectivity index (χ4n) is 1.59. The van der Waals surface area contributed by atoms with Gasteiger partial charge in [0.25, 0.3) is 0 Å². The Morgan fingerprint density at radius 3 is 2.58 bits per heavy atom. The number of nitrogens with one attached hydrogen (secondary N) is 1. The van der Waals surface area contributed by atoms with Crippen molar-refractivity contribution < 1.29 is 22.7 Å². The summed E-state index contributed by atoms with van der Waals surface area (Å²) in [6.45, 7) is 0.766. The molecule has 0 aliphatic heterocycles. The van der Waals surface area contributed by atoms with Crippen LogP contribution >= 0.6 is 0 Å². The molecule has 3 N–H and O–H groups in total. The third-order valence-electron chi connectivity index (χ3n) is 2.32. The number of hydrogen-bond donors (Lipinski definition) is 2. The number of alkyl halides is 3. The topological polar surface area (TPSA) is 64.3 Å². The Labute approximate surface area is 108 Å². The van der Waals surface area contributed by atoms with E-state index in [1.165, 1.54) is 6.07 Å². The number of carbonyl (C=O) groups excluding carboxylic acids is 1. The van der Waals surface area contributed by atoms with E-state index in [9.17, 15) is 18.0 Å². The fraction of sp³-hybridized carbons (Fsp3) is 0.417. The summed E-state index contributed by atoms with van der Waals surface area (Å²) in [5.41, 5.74) is 5.43. The summed E-state index contributed by atoms with van der Waals surface area (Å²) in [6, 6.07) is 5.09. The van der Waals surface area contributed by atoms with Crippen molar-refractivity contribution in [3.63, 3.8) is 0 Å². The van der Waals surface area contributed by atoms with E-state index in [4.69, 9.17) is 10.5 Å². The number of hydrogen-bond acceptors (Lipinski definition) is 3. The van der Waals surface area contributed by atoms with Crippen LogP contribution in [0, 0.1) is 0 Å². The number of para-hydroxylation sites is 1. The Hall–Kier alpha value is -1.76. The fourth-order valence-corrected chi connectivity index (χ4v) is 1.59. The first-order valence-corrected chi connectivity index (χ1v) is 5.66. The highest BCUT2D eigenvalue weighted by Gasteiger charge is 2.31. The molecule has 4 nitrogen and oxygen atoms in total. The molecule has 19 heavy (non-hydrogen) atoms. The maximum Gasteiger partial charge on any atom is 0.401 e. The first-order valence-electron chi connectivity index (χ1n) is 5.66. The first-order chi connectivity index (χ1) is 8.85. The molecule has 1 aromatic carbocycles. The zero-order chi connectivity index (χ0) is 14.5. The van der Waals surface area contributed by atoms with Crippen molar-refractivity contribution in [2.45, 2.75) is 19.1 Å². The highest BCUT2D eigenvalue weighted by atomic mass is 19.4. The molecule has 1 rings (SSSR count). The second-order valence-electron chi connectivity index (χ2n) is 3.80. The number of carbonyl (C=O) groups is 1. The maximum absolute atomic E-state index is 12.2. The largest absolute Gasteiger partial charge is 0.494 e. The van der Waals surface area contributed by atoms with Gasteiger partial charge in [-0.05, 0) is 13.0 Å². The van der Waals surface area contributed by atoms with Crippen molar-refractivity contribution in [1.82, 2.24) is 5.32 Å². The number of halogens is 3. The zero-order valence-corrected chi connectivity index (χ0v) is 10.3. The van der Waals surface area contributed by atoms with Gasteiger partial charge in [-0.3, -0.25) is 10.1 Å². The highest BCUT2D eigenvalue weighted by molar-refractivity contribution is 5.82. The van der Waals surface area contributed by atoms with Crippen LogP contribution in [0.1, 0.15) is 18.5 Å². The van der Waals surface area contributed by atoms with E-state index in [2.05, 4.69) is 5.32 Å². The van der Waals surface area contributed by atoms with Gasteiger partial charge >= 0.3 is 6.18 Å². The summed E-state index contributed by atoms with van der Waals surface area (Å²) in [5, 5.41) is 2.09. The highest BCUT2D eigenvalue weighted by Crippen LogP contribution is 2.26. The number of primary amides is 1.